The van der Waals surface area contributed by atoms with Crippen molar-refractivity contribution in [3.8, 4) is 5.75 Å². The molecule has 0 saturated heterocycles. The Bertz CT molecular complexity index is 1200. The molecule has 0 unspecified atom stereocenters. The number of fused-ring (bicyclic) bond motifs is 1. The van der Waals surface area contributed by atoms with E-state index in [9.17, 15) is 41.0 Å². The molecule has 7 nitrogen and oxygen atoms in total. The minimum Gasteiger partial charge on any atom is -0.488 e. The van der Waals surface area contributed by atoms with E-state index < -0.39 is 54.7 Å². The third-order valence-electron chi connectivity index (χ3n) is 6.81. The van der Waals surface area contributed by atoms with Crippen LogP contribution >= 0.6 is 0 Å². The summed E-state index contributed by atoms with van der Waals surface area (Å²) in [4.78, 5) is 28.9. The predicted octanol–water partition coefficient (Wildman–Crippen LogP) is 5.34. The predicted molar refractivity (Wildman–Crippen MR) is 139 cm³/mol. The number of benzene rings is 2. The summed E-state index contributed by atoms with van der Waals surface area (Å²) >= 11 is 0. The van der Waals surface area contributed by atoms with Crippen molar-refractivity contribution >= 4 is 17.5 Å². The average molecular weight is 590 g/mol. The molecule has 0 fully saturated rings. The number of likely N-dealkylation sites (N-methyl/N-ethyl adjacent to an activating group) is 1. The topological polar surface area (TPSA) is 82.1 Å². The van der Waals surface area contributed by atoms with Gasteiger partial charge in [-0.2, -0.15) is 26.3 Å². The van der Waals surface area contributed by atoms with Crippen molar-refractivity contribution in [1.82, 2.24) is 9.80 Å². The van der Waals surface area contributed by atoms with Crippen molar-refractivity contribution in [3.05, 3.63) is 59.2 Å². The van der Waals surface area contributed by atoms with E-state index in [0.717, 1.165) is 12.1 Å². The molecule has 2 aromatic carbocycles. The lowest BCUT2D eigenvalue weighted by molar-refractivity contribution is -0.142. The Balaban J connectivity index is 1.82. The van der Waals surface area contributed by atoms with Gasteiger partial charge in [-0.1, -0.05) is 19.1 Å². The maximum Gasteiger partial charge on any atom is 0.416 e. The Hall–Kier alpha value is -3.32. The number of anilines is 1. The average Bonchev–Trinajstić information content (AvgIpc) is 2.88. The van der Waals surface area contributed by atoms with Crippen molar-refractivity contribution in [2.45, 2.75) is 57.7 Å². The normalized spacial score (nSPS) is 18.8. The van der Waals surface area contributed by atoms with Gasteiger partial charge in [0.2, 0.25) is 5.91 Å². The number of nitrogens with one attached hydrogen (secondary N) is 1. The van der Waals surface area contributed by atoms with E-state index in [-0.39, 0.29) is 36.1 Å². The molecule has 0 radical (unpaired) electrons. The fourth-order valence-electron chi connectivity index (χ4n) is 4.48. The molecular formula is C28H33F6N3O4. The van der Waals surface area contributed by atoms with Crippen LogP contribution in [0.5, 0.6) is 5.75 Å². The Kier molecular flexibility index (Phi) is 10.3. The molecule has 0 bridgehead atoms. The zero-order chi connectivity index (χ0) is 30.5. The number of carbonyl (C=O) groups excluding carboxylic acids is 2. The highest BCUT2D eigenvalue weighted by Crippen LogP contribution is 2.32. The van der Waals surface area contributed by atoms with E-state index in [0.29, 0.717) is 18.7 Å². The molecule has 3 atom stereocenters. The van der Waals surface area contributed by atoms with E-state index in [1.54, 1.807) is 14.0 Å². The van der Waals surface area contributed by atoms with Crippen molar-refractivity contribution in [2.75, 3.05) is 32.1 Å². The van der Waals surface area contributed by atoms with E-state index in [1.165, 1.54) is 35.2 Å². The fourth-order valence-corrected chi connectivity index (χ4v) is 4.48. The van der Waals surface area contributed by atoms with Gasteiger partial charge in [0.25, 0.3) is 5.91 Å². The van der Waals surface area contributed by atoms with Crippen LogP contribution in [-0.2, 0) is 17.5 Å². The Morgan fingerprint density at radius 2 is 1.80 bits per heavy atom. The van der Waals surface area contributed by atoms with Gasteiger partial charge in [-0.25, -0.2) is 0 Å². The van der Waals surface area contributed by atoms with E-state index in [4.69, 9.17) is 4.74 Å². The van der Waals surface area contributed by atoms with Gasteiger partial charge in [-0.05, 0) is 49.9 Å². The summed E-state index contributed by atoms with van der Waals surface area (Å²) < 4.78 is 82.4. The van der Waals surface area contributed by atoms with Crippen LogP contribution in [0, 0.1) is 5.92 Å². The summed E-state index contributed by atoms with van der Waals surface area (Å²) in [5, 5.41) is 12.2. The number of nitrogens with zero attached hydrogens (tertiary/aromatic N) is 2. The first kappa shape index (κ1) is 32.2. The van der Waals surface area contributed by atoms with Crippen LogP contribution in [-0.4, -0.2) is 71.8 Å². The third kappa shape index (κ3) is 9.09. The number of halogens is 6. The first-order valence-corrected chi connectivity index (χ1v) is 13.0. The highest BCUT2D eigenvalue weighted by Gasteiger charge is 2.34. The lowest BCUT2D eigenvalue weighted by Gasteiger charge is -2.38. The SMILES string of the molecule is C[C@H]1CN([C@@H](C)CO)C(=O)c2cc(NC(=O)CCC(F)(F)F)ccc2O[C@@H]1CN(C)Cc1ccc(C(F)(F)F)cc1. The first-order chi connectivity index (χ1) is 19.1. The van der Waals surface area contributed by atoms with Crippen LogP contribution in [0.4, 0.5) is 32.0 Å². The summed E-state index contributed by atoms with van der Waals surface area (Å²) in [6, 6.07) is 8.50. The molecule has 1 aliphatic heterocycles. The standard InChI is InChI=1S/C28H33F6N3O4/c1-17-13-37(18(2)16-38)26(40)22-12-21(35-25(39)10-11-27(29,30)31)8-9-23(22)41-24(17)15-36(3)14-19-4-6-20(7-5-19)28(32,33)34/h4-9,12,17-18,24,38H,10-11,13-16H2,1-3H3,(H,35,39)/t17-,18-,24+/m0/s1. The Labute approximate surface area is 234 Å². The summed E-state index contributed by atoms with van der Waals surface area (Å²) in [5.41, 5.74) is 0.113. The number of aliphatic hydroxyl groups excluding tert-OH is 1. The fraction of sp³-hybridized carbons (Fsp3) is 0.500. The molecule has 2 N–H and O–H groups in total. The van der Waals surface area contributed by atoms with Gasteiger partial charge in [0, 0.05) is 37.7 Å². The zero-order valence-corrected chi connectivity index (χ0v) is 22.9. The molecule has 41 heavy (non-hydrogen) atoms. The minimum atomic E-state index is -4.49. The summed E-state index contributed by atoms with van der Waals surface area (Å²) in [7, 11) is 1.78. The second kappa shape index (κ2) is 13.1. The van der Waals surface area contributed by atoms with Crippen LogP contribution in [0.1, 0.15) is 48.2 Å². The molecule has 0 spiro atoms. The third-order valence-corrected chi connectivity index (χ3v) is 6.81. The second-order valence-corrected chi connectivity index (χ2v) is 10.4. The van der Waals surface area contributed by atoms with Crippen molar-refractivity contribution < 1.29 is 45.8 Å². The number of hydrogen-bond acceptors (Lipinski definition) is 5. The van der Waals surface area contributed by atoms with Gasteiger partial charge in [0.15, 0.2) is 0 Å². The van der Waals surface area contributed by atoms with Crippen LogP contribution in [0.15, 0.2) is 42.5 Å². The molecule has 13 heteroatoms. The Morgan fingerprint density at radius 1 is 1.15 bits per heavy atom. The maximum atomic E-state index is 13.5. The van der Waals surface area contributed by atoms with Crippen LogP contribution < -0.4 is 10.1 Å². The van der Waals surface area contributed by atoms with Crippen molar-refractivity contribution in [1.29, 1.82) is 0 Å². The molecule has 226 valence electrons. The van der Waals surface area contributed by atoms with Crippen molar-refractivity contribution in [2.24, 2.45) is 5.92 Å². The monoisotopic (exact) mass is 589 g/mol. The molecule has 0 aliphatic carbocycles. The maximum absolute atomic E-state index is 13.5. The number of hydrogen-bond donors (Lipinski definition) is 2. The first-order valence-electron chi connectivity index (χ1n) is 13.0. The molecule has 1 heterocycles. The molecular weight excluding hydrogens is 556 g/mol. The van der Waals surface area contributed by atoms with Gasteiger partial charge >= 0.3 is 12.4 Å². The quantitative estimate of drug-likeness (QED) is 0.386. The molecule has 2 amide bonds. The number of rotatable bonds is 9. The molecule has 1 aliphatic rings. The highest BCUT2D eigenvalue weighted by molar-refractivity contribution is 5.99. The van der Waals surface area contributed by atoms with Gasteiger partial charge in [-0.15, -0.1) is 0 Å². The van der Waals surface area contributed by atoms with Gasteiger partial charge in [0.1, 0.15) is 11.9 Å². The van der Waals surface area contributed by atoms with Crippen LogP contribution in [0.3, 0.4) is 0 Å². The molecule has 0 saturated carbocycles. The minimum absolute atomic E-state index is 0.0706. The lowest BCUT2D eigenvalue weighted by atomic mass is 9.99. The summed E-state index contributed by atoms with van der Waals surface area (Å²) in [5.74, 6) is -1.37. The largest absolute Gasteiger partial charge is 0.488 e. The van der Waals surface area contributed by atoms with Gasteiger partial charge < -0.3 is 20.1 Å². The number of amides is 2. The lowest BCUT2D eigenvalue weighted by Crippen LogP contribution is -2.49. The van der Waals surface area contributed by atoms with Crippen LogP contribution in [0.2, 0.25) is 0 Å². The summed E-state index contributed by atoms with van der Waals surface area (Å²) in [6.07, 6.45) is -11.5. The van der Waals surface area contributed by atoms with Crippen molar-refractivity contribution in [3.63, 3.8) is 0 Å². The van der Waals surface area contributed by atoms with E-state index >= 15 is 0 Å². The van der Waals surface area contributed by atoms with Crippen LogP contribution in [0.25, 0.3) is 0 Å². The number of ether oxygens (including phenoxy) is 1. The van der Waals surface area contributed by atoms with E-state index in [1.807, 2.05) is 11.8 Å². The molecule has 0 aromatic heterocycles. The number of alkyl halides is 6. The number of aliphatic hydroxyl groups is 1. The Morgan fingerprint density at radius 3 is 2.39 bits per heavy atom. The zero-order valence-electron chi connectivity index (χ0n) is 22.9. The highest BCUT2D eigenvalue weighted by atomic mass is 19.4. The van der Waals surface area contributed by atoms with Gasteiger partial charge in [0.05, 0.1) is 30.2 Å². The molecule has 2 aromatic rings. The smallest absolute Gasteiger partial charge is 0.416 e. The summed E-state index contributed by atoms with van der Waals surface area (Å²) in [6.45, 7) is 4.10. The van der Waals surface area contributed by atoms with Gasteiger partial charge in [-0.3, -0.25) is 14.5 Å². The van der Waals surface area contributed by atoms with E-state index in [2.05, 4.69) is 5.32 Å². The number of carbonyl (C=O) groups is 2. The molecule has 3 rings (SSSR count). The second-order valence-electron chi connectivity index (χ2n) is 10.4.